The van der Waals surface area contributed by atoms with Gasteiger partial charge in [0, 0.05) is 5.02 Å². The van der Waals surface area contributed by atoms with Gasteiger partial charge in [-0.05, 0) is 65.4 Å². The lowest BCUT2D eigenvalue weighted by atomic mass is 10.1. The first kappa shape index (κ1) is 26.1. The quantitative estimate of drug-likeness (QED) is 0.354. The van der Waals surface area contributed by atoms with Gasteiger partial charge in [0.15, 0.2) is 18.1 Å². The standard InChI is InChI=1S/C27H23ClN2O6S/c1-34-21-9-4-3-8-20(21)29-25(31)16-36-22-11-10-17(13-23(22)35-2)14-24-26(32)30(27(33)37-24)15-18-6-5-7-19(28)12-18/h3-14H,15-16H2,1-2H3,(H,29,31)/b24-14-. The topological polar surface area (TPSA) is 94.2 Å². The molecule has 1 aliphatic heterocycles. The molecule has 0 spiro atoms. The maximum Gasteiger partial charge on any atom is 0.293 e. The van der Waals surface area contributed by atoms with Crippen molar-refractivity contribution >= 4 is 52.2 Å². The van der Waals surface area contributed by atoms with Crippen molar-refractivity contribution in [2.45, 2.75) is 6.54 Å². The van der Waals surface area contributed by atoms with E-state index in [9.17, 15) is 14.4 Å². The van der Waals surface area contributed by atoms with Crippen molar-refractivity contribution in [1.82, 2.24) is 4.90 Å². The zero-order valence-corrected chi connectivity index (χ0v) is 21.6. The summed E-state index contributed by atoms with van der Waals surface area (Å²) in [5, 5.41) is 2.92. The summed E-state index contributed by atoms with van der Waals surface area (Å²) in [5.74, 6) is 0.502. The normalized spacial score (nSPS) is 14.1. The number of anilines is 1. The largest absolute Gasteiger partial charge is 0.495 e. The van der Waals surface area contributed by atoms with Crippen LogP contribution in [0.1, 0.15) is 11.1 Å². The number of hydrogen-bond donors (Lipinski definition) is 1. The monoisotopic (exact) mass is 538 g/mol. The zero-order chi connectivity index (χ0) is 26.4. The minimum Gasteiger partial charge on any atom is -0.495 e. The van der Waals surface area contributed by atoms with Crippen molar-refractivity contribution < 1.29 is 28.6 Å². The molecule has 3 amide bonds. The summed E-state index contributed by atoms with van der Waals surface area (Å²) >= 11 is 6.88. The first-order valence-corrected chi connectivity index (χ1v) is 12.3. The summed E-state index contributed by atoms with van der Waals surface area (Å²) in [5.41, 5.74) is 1.93. The molecule has 3 aromatic rings. The molecule has 0 saturated carbocycles. The van der Waals surface area contributed by atoms with Gasteiger partial charge in [-0.1, -0.05) is 41.9 Å². The summed E-state index contributed by atoms with van der Waals surface area (Å²) in [6, 6.07) is 19.1. The Hall–Kier alpha value is -3.95. The average Bonchev–Trinajstić information content (AvgIpc) is 3.15. The highest BCUT2D eigenvalue weighted by Gasteiger charge is 2.35. The van der Waals surface area contributed by atoms with Crippen LogP contribution in [0.25, 0.3) is 6.08 Å². The van der Waals surface area contributed by atoms with Gasteiger partial charge < -0.3 is 19.5 Å². The fraction of sp³-hybridized carbons (Fsp3) is 0.148. The lowest BCUT2D eigenvalue weighted by molar-refractivity contribution is -0.123. The second-order valence-corrected chi connectivity index (χ2v) is 9.27. The molecule has 1 fully saturated rings. The summed E-state index contributed by atoms with van der Waals surface area (Å²) in [4.78, 5) is 39.2. The van der Waals surface area contributed by atoms with Crippen LogP contribution in [0.15, 0.2) is 71.6 Å². The van der Waals surface area contributed by atoms with Gasteiger partial charge in [0.1, 0.15) is 5.75 Å². The molecule has 0 radical (unpaired) electrons. The smallest absolute Gasteiger partial charge is 0.293 e. The van der Waals surface area contributed by atoms with Crippen LogP contribution in [-0.4, -0.2) is 42.8 Å². The van der Waals surface area contributed by atoms with E-state index < -0.39 is 0 Å². The fourth-order valence-corrected chi connectivity index (χ4v) is 4.63. The minimum atomic E-state index is -0.387. The molecule has 3 aromatic carbocycles. The molecular weight excluding hydrogens is 516 g/mol. The minimum absolute atomic E-state index is 0.135. The summed E-state index contributed by atoms with van der Waals surface area (Å²) in [7, 11) is 2.99. The Morgan fingerprint density at radius 1 is 0.973 bits per heavy atom. The van der Waals surface area contributed by atoms with Gasteiger partial charge in [-0.25, -0.2) is 0 Å². The molecule has 37 heavy (non-hydrogen) atoms. The van der Waals surface area contributed by atoms with E-state index >= 15 is 0 Å². The average molecular weight is 539 g/mol. The summed E-state index contributed by atoms with van der Waals surface area (Å²) < 4.78 is 16.3. The third-order valence-electron chi connectivity index (χ3n) is 5.33. The van der Waals surface area contributed by atoms with Crippen LogP contribution >= 0.6 is 23.4 Å². The van der Waals surface area contributed by atoms with E-state index in [0.717, 1.165) is 17.3 Å². The van der Waals surface area contributed by atoms with Gasteiger partial charge >= 0.3 is 0 Å². The molecule has 0 aromatic heterocycles. The summed E-state index contributed by atoms with van der Waals surface area (Å²) in [6.45, 7) is -0.119. The van der Waals surface area contributed by atoms with E-state index in [1.807, 2.05) is 0 Å². The van der Waals surface area contributed by atoms with Gasteiger partial charge in [-0.2, -0.15) is 0 Å². The molecule has 4 rings (SSSR count). The van der Waals surface area contributed by atoms with Crippen molar-refractivity contribution in [3.63, 3.8) is 0 Å². The van der Waals surface area contributed by atoms with E-state index in [1.54, 1.807) is 72.8 Å². The number of ether oxygens (including phenoxy) is 3. The van der Waals surface area contributed by atoms with Crippen molar-refractivity contribution in [1.29, 1.82) is 0 Å². The number of carbonyl (C=O) groups is 3. The predicted octanol–water partition coefficient (Wildman–Crippen LogP) is 5.61. The maximum absolute atomic E-state index is 12.9. The van der Waals surface area contributed by atoms with Crippen LogP contribution in [0.5, 0.6) is 17.2 Å². The van der Waals surface area contributed by atoms with Gasteiger partial charge in [-0.3, -0.25) is 19.3 Å². The molecule has 1 heterocycles. The van der Waals surface area contributed by atoms with Gasteiger partial charge in [0.25, 0.3) is 17.1 Å². The third kappa shape index (κ3) is 6.44. The van der Waals surface area contributed by atoms with Crippen LogP contribution in [0.2, 0.25) is 5.02 Å². The maximum atomic E-state index is 12.9. The van der Waals surface area contributed by atoms with Gasteiger partial charge in [-0.15, -0.1) is 0 Å². The van der Waals surface area contributed by atoms with Gasteiger partial charge in [0.05, 0.1) is 31.4 Å². The Labute approximate surface area is 223 Å². The highest BCUT2D eigenvalue weighted by Crippen LogP contribution is 2.35. The van der Waals surface area contributed by atoms with E-state index in [4.69, 9.17) is 25.8 Å². The molecular formula is C27H23ClN2O6S. The Bertz CT molecular complexity index is 1380. The number of para-hydroxylation sites is 2. The molecule has 1 saturated heterocycles. The highest BCUT2D eigenvalue weighted by atomic mass is 35.5. The van der Waals surface area contributed by atoms with E-state index in [0.29, 0.717) is 38.4 Å². The predicted molar refractivity (Wildman–Crippen MR) is 143 cm³/mol. The number of hydrogen-bond acceptors (Lipinski definition) is 7. The second-order valence-electron chi connectivity index (χ2n) is 7.85. The molecule has 0 bridgehead atoms. The van der Waals surface area contributed by atoms with Crippen LogP contribution in [-0.2, 0) is 16.1 Å². The van der Waals surface area contributed by atoms with Crippen LogP contribution < -0.4 is 19.5 Å². The molecule has 190 valence electrons. The number of nitrogens with one attached hydrogen (secondary N) is 1. The third-order valence-corrected chi connectivity index (χ3v) is 6.47. The molecule has 1 aliphatic rings. The highest BCUT2D eigenvalue weighted by molar-refractivity contribution is 8.18. The van der Waals surface area contributed by atoms with Gasteiger partial charge in [0.2, 0.25) is 0 Å². The van der Waals surface area contributed by atoms with Crippen molar-refractivity contribution in [2.24, 2.45) is 0 Å². The van der Waals surface area contributed by atoms with E-state index in [1.165, 1.54) is 19.1 Å². The number of thioether (sulfide) groups is 1. The molecule has 0 unspecified atom stereocenters. The van der Waals surface area contributed by atoms with Crippen molar-refractivity contribution in [3.05, 3.63) is 87.8 Å². The number of halogens is 1. The number of benzene rings is 3. The Morgan fingerprint density at radius 3 is 2.51 bits per heavy atom. The Kier molecular flexibility index (Phi) is 8.37. The van der Waals surface area contributed by atoms with Crippen molar-refractivity contribution in [2.75, 3.05) is 26.1 Å². The van der Waals surface area contributed by atoms with E-state index in [2.05, 4.69) is 5.32 Å². The first-order chi connectivity index (χ1) is 17.9. The molecule has 10 heteroatoms. The second kappa shape index (κ2) is 11.9. The van der Waals surface area contributed by atoms with Crippen LogP contribution in [0, 0.1) is 0 Å². The number of carbonyl (C=O) groups excluding carboxylic acids is 3. The number of methoxy groups -OCH3 is 2. The SMILES string of the molecule is COc1ccccc1NC(=O)COc1ccc(/C=C2\SC(=O)N(Cc3cccc(Cl)c3)C2=O)cc1OC. The Balaban J connectivity index is 1.42. The van der Waals surface area contributed by atoms with Crippen LogP contribution in [0.4, 0.5) is 10.5 Å². The first-order valence-electron chi connectivity index (χ1n) is 11.1. The fourth-order valence-electron chi connectivity index (χ4n) is 3.58. The molecule has 0 atom stereocenters. The summed E-state index contributed by atoms with van der Waals surface area (Å²) in [6.07, 6.45) is 1.61. The lowest BCUT2D eigenvalue weighted by Gasteiger charge is -2.13. The number of nitrogens with zero attached hydrogens (tertiary/aromatic N) is 1. The number of amides is 3. The van der Waals surface area contributed by atoms with E-state index in [-0.39, 0.29) is 30.2 Å². The molecule has 8 nitrogen and oxygen atoms in total. The lowest BCUT2D eigenvalue weighted by Crippen LogP contribution is -2.27. The van der Waals surface area contributed by atoms with Crippen molar-refractivity contribution in [3.8, 4) is 17.2 Å². The molecule has 0 aliphatic carbocycles. The zero-order valence-electron chi connectivity index (χ0n) is 20.0. The number of rotatable bonds is 9. The van der Waals surface area contributed by atoms with Crippen LogP contribution in [0.3, 0.4) is 0 Å². The Morgan fingerprint density at radius 2 is 1.76 bits per heavy atom. The molecule has 1 N–H and O–H groups in total. The number of imide groups is 1.